The van der Waals surface area contributed by atoms with Gasteiger partial charge < -0.3 is 25.1 Å². The second kappa shape index (κ2) is 12.1. The van der Waals surface area contributed by atoms with Crippen LogP contribution in [0.25, 0.3) is 10.2 Å². The van der Waals surface area contributed by atoms with Crippen LogP contribution < -0.4 is 20.7 Å². The van der Waals surface area contributed by atoms with Crippen LogP contribution in [-0.2, 0) is 9.59 Å². The third-order valence-electron chi connectivity index (χ3n) is 6.03. The summed E-state index contributed by atoms with van der Waals surface area (Å²) in [7, 11) is 0. The Morgan fingerprint density at radius 1 is 1.15 bits per heavy atom. The van der Waals surface area contributed by atoms with Crippen molar-refractivity contribution < 1.29 is 18.7 Å². The summed E-state index contributed by atoms with van der Waals surface area (Å²) in [4.78, 5) is 30.7. The molecule has 3 N–H and O–H groups in total. The number of thioether (sulfide) groups is 1. The van der Waals surface area contributed by atoms with E-state index in [2.05, 4.69) is 27.0 Å². The zero-order chi connectivity index (χ0) is 28.1. The van der Waals surface area contributed by atoms with Crippen molar-refractivity contribution >= 4 is 55.9 Å². The van der Waals surface area contributed by atoms with Gasteiger partial charge in [-0.1, -0.05) is 35.2 Å². The molecule has 3 heterocycles. The standard InChI is InChI=1S/C29H25N5O4S2/c1-3-37-19-12-10-18(11-13-19)32-27(36)25-17(2)31-28(20(15-30)26(25)22-8-6-14-38-22)39-16-24(35)34-29-33-21-7-4-5-9-23(21)40-29/h4-14,26,31H,3,16H2,1-2H3,(H,32,36)(H,33,34,35). The number of allylic oxidation sites excluding steroid dienone is 2. The number of rotatable bonds is 9. The highest BCUT2D eigenvalue weighted by Crippen LogP contribution is 2.41. The van der Waals surface area contributed by atoms with Gasteiger partial charge in [0.2, 0.25) is 5.91 Å². The fraction of sp³-hybridized carbons (Fsp3) is 0.172. The molecule has 1 aliphatic rings. The van der Waals surface area contributed by atoms with Crippen molar-refractivity contribution in [1.29, 1.82) is 5.26 Å². The Labute approximate surface area is 238 Å². The largest absolute Gasteiger partial charge is 0.494 e. The highest BCUT2D eigenvalue weighted by Gasteiger charge is 2.36. The third kappa shape index (κ3) is 5.88. The number of hydrogen-bond acceptors (Lipinski definition) is 9. The van der Waals surface area contributed by atoms with Gasteiger partial charge >= 0.3 is 0 Å². The van der Waals surface area contributed by atoms with Gasteiger partial charge in [-0.3, -0.25) is 9.59 Å². The van der Waals surface area contributed by atoms with Crippen molar-refractivity contribution in [2.24, 2.45) is 0 Å². The van der Waals surface area contributed by atoms with Crippen LogP contribution in [0.3, 0.4) is 0 Å². The van der Waals surface area contributed by atoms with E-state index in [4.69, 9.17) is 9.15 Å². The first-order chi connectivity index (χ1) is 19.5. The molecule has 4 aromatic rings. The van der Waals surface area contributed by atoms with Gasteiger partial charge in [0, 0.05) is 11.4 Å². The molecule has 0 spiro atoms. The normalized spacial score (nSPS) is 15.0. The molecule has 1 atom stereocenters. The number of nitriles is 1. The van der Waals surface area contributed by atoms with Crippen LogP contribution in [0, 0.1) is 11.3 Å². The van der Waals surface area contributed by atoms with Gasteiger partial charge in [-0.05, 0) is 62.4 Å². The van der Waals surface area contributed by atoms with Crippen LogP contribution in [0.1, 0.15) is 25.5 Å². The Bertz CT molecular complexity index is 1620. The topological polar surface area (TPSA) is 129 Å². The number of amides is 2. The first-order valence-electron chi connectivity index (χ1n) is 12.4. The van der Waals surface area contributed by atoms with E-state index < -0.39 is 5.92 Å². The van der Waals surface area contributed by atoms with E-state index in [9.17, 15) is 14.9 Å². The van der Waals surface area contributed by atoms with Crippen molar-refractivity contribution in [2.45, 2.75) is 19.8 Å². The van der Waals surface area contributed by atoms with Gasteiger partial charge in [0.15, 0.2) is 5.13 Å². The monoisotopic (exact) mass is 571 g/mol. The second-order valence-electron chi connectivity index (χ2n) is 8.70. The summed E-state index contributed by atoms with van der Waals surface area (Å²) in [6.07, 6.45) is 1.50. The van der Waals surface area contributed by atoms with Crippen molar-refractivity contribution in [3.05, 3.63) is 94.6 Å². The number of ether oxygens (including phenoxy) is 1. The zero-order valence-electron chi connectivity index (χ0n) is 21.7. The number of fused-ring (bicyclic) bond motifs is 1. The van der Waals surface area contributed by atoms with Crippen LogP contribution >= 0.6 is 23.1 Å². The quantitative estimate of drug-likeness (QED) is 0.223. The summed E-state index contributed by atoms with van der Waals surface area (Å²) in [5.74, 6) is -0.195. The second-order valence-corrected chi connectivity index (χ2v) is 10.7. The lowest BCUT2D eigenvalue weighted by Gasteiger charge is -2.28. The molecule has 0 bridgehead atoms. The average molecular weight is 572 g/mol. The lowest BCUT2D eigenvalue weighted by atomic mass is 9.85. The minimum Gasteiger partial charge on any atom is -0.494 e. The molecular weight excluding hydrogens is 546 g/mol. The maximum Gasteiger partial charge on any atom is 0.254 e. The molecule has 2 aromatic carbocycles. The number of nitrogens with one attached hydrogen (secondary N) is 3. The fourth-order valence-electron chi connectivity index (χ4n) is 4.29. The summed E-state index contributed by atoms with van der Waals surface area (Å²) >= 11 is 2.58. The first kappa shape index (κ1) is 27.1. The highest BCUT2D eigenvalue weighted by atomic mass is 32.2. The average Bonchev–Trinajstić information content (AvgIpc) is 3.62. The number of furan rings is 1. The van der Waals surface area contributed by atoms with Crippen molar-refractivity contribution in [3.63, 3.8) is 0 Å². The van der Waals surface area contributed by atoms with E-state index in [1.165, 1.54) is 29.4 Å². The summed E-state index contributed by atoms with van der Waals surface area (Å²) in [5, 5.41) is 20.1. The number of anilines is 2. The molecular formula is C29H25N5O4S2. The van der Waals surface area contributed by atoms with E-state index in [-0.39, 0.29) is 23.1 Å². The van der Waals surface area contributed by atoms with E-state index in [0.29, 0.717) is 45.2 Å². The molecule has 5 rings (SSSR count). The number of aromatic nitrogens is 1. The van der Waals surface area contributed by atoms with E-state index >= 15 is 0 Å². The van der Waals surface area contributed by atoms with Crippen LogP contribution in [-0.4, -0.2) is 29.2 Å². The summed E-state index contributed by atoms with van der Waals surface area (Å²) in [5.41, 5.74) is 2.59. The molecule has 2 amide bonds. The van der Waals surface area contributed by atoms with Crippen molar-refractivity contribution in [3.8, 4) is 11.8 Å². The first-order valence-corrected chi connectivity index (χ1v) is 14.2. The lowest BCUT2D eigenvalue weighted by molar-refractivity contribution is -0.114. The minimum atomic E-state index is -0.751. The van der Waals surface area contributed by atoms with Gasteiger partial charge in [-0.15, -0.1) is 0 Å². The summed E-state index contributed by atoms with van der Waals surface area (Å²) < 4.78 is 12.1. The lowest BCUT2D eigenvalue weighted by Crippen LogP contribution is -2.31. The SMILES string of the molecule is CCOc1ccc(NC(=O)C2=C(C)NC(SCC(=O)Nc3nc4ccccc4s3)=C(C#N)C2c2ccco2)cc1. The molecule has 0 saturated carbocycles. The van der Waals surface area contributed by atoms with Gasteiger partial charge in [0.25, 0.3) is 5.91 Å². The number of thiazole rings is 1. The minimum absolute atomic E-state index is 0.0370. The van der Waals surface area contributed by atoms with Crippen LogP contribution in [0.4, 0.5) is 10.8 Å². The maximum atomic E-state index is 13.5. The van der Waals surface area contributed by atoms with Crippen LogP contribution in [0.2, 0.25) is 0 Å². The number of benzene rings is 2. The van der Waals surface area contributed by atoms with Crippen LogP contribution in [0.5, 0.6) is 5.75 Å². The van der Waals surface area contributed by atoms with E-state index in [0.717, 1.165) is 10.2 Å². The van der Waals surface area contributed by atoms with Gasteiger partial charge in [-0.25, -0.2) is 4.98 Å². The zero-order valence-corrected chi connectivity index (χ0v) is 23.3. The predicted octanol–water partition coefficient (Wildman–Crippen LogP) is 5.99. The van der Waals surface area contributed by atoms with Crippen LogP contribution in [0.15, 0.2) is 93.2 Å². The van der Waals surface area contributed by atoms with E-state index in [1.54, 1.807) is 43.3 Å². The summed E-state index contributed by atoms with van der Waals surface area (Å²) in [6.45, 7) is 4.21. The molecule has 0 radical (unpaired) electrons. The Morgan fingerprint density at radius 3 is 2.65 bits per heavy atom. The van der Waals surface area contributed by atoms with E-state index in [1.807, 2.05) is 31.2 Å². The molecule has 0 saturated heterocycles. The molecule has 2 aromatic heterocycles. The van der Waals surface area contributed by atoms with Gasteiger partial charge in [-0.2, -0.15) is 5.26 Å². The molecule has 202 valence electrons. The maximum absolute atomic E-state index is 13.5. The number of carbonyl (C=O) groups excluding carboxylic acids is 2. The summed E-state index contributed by atoms with van der Waals surface area (Å²) in [6, 6.07) is 20.4. The Hall–Kier alpha value is -4.53. The van der Waals surface area contributed by atoms with Crippen molar-refractivity contribution in [2.75, 3.05) is 23.0 Å². The Kier molecular flexibility index (Phi) is 8.19. The van der Waals surface area contributed by atoms with Gasteiger partial charge in [0.1, 0.15) is 11.5 Å². The number of dihydropyridines is 1. The fourth-order valence-corrected chi connectivity index (χ4v) is 6.06. The van der Waals surface area contributed by atoms with Crippen molar-refractivity contribution in [1.82, 2.24) is 10.3 Å². The molecule has 1 aliphatic heterocycles. The molecule has 11 heteroatoms. The highest BCUT2D eigenvalue weighted by molar-refractivity contribution is 8.03. The molecule has 9 nitrogen and oxygen atoms in total. The number of carbonyl (C=O) groups is 2. The molecule has 40 heavy (non-hydrogen) atoms. The predicted molar refractivity (Wildman–Crippen MR) is 157 cm³/mol. The number of nitrogens with zero attached hydrogens (tertiary/aromatic N) is 2. The Balaban J connectivity index is 1.34. The molecule has 0 fully saturated rings. The Morgan fingerprint density at radius 2 is 1.95 bits per heavy atom. The molecule has 1 unspecified atom stereocenters. The molecule has 0 aliphatic carbocycles. The number of para-hydroxylation sites is 1. The van der Waals surface area contributed by atoms with Gasteiger partial charge in [0.05, 0.1) is 57.0 Å². The smallest absolute Gasteiger partial charge is 0.254 e. The number of hydrogen-bond donors (Lipinski definition) is 3. The third-order valence-corrected chi connectivity index (χ3v) is 8.00.